The molecule has 0 spiro atoms. The third kappa shape index (κ3) is 1.87. The SMILES string of the molecule is O=C(O)C1(S(=O)(=O)c2ccccc2Br)CCCC1. The maximum Gasteiger partial charge on any atom is 0.325 e. The Labute approximate surface area is 114 Å². The van der Waals surface area contributed by atoms with E-state index in [9.17, 15) is 18.3 Å². The highest BCUT2D eigenvalue weighted by Gasteiger charge is 2.53. The van der Waals surface area contributed by atoms with Gasteiger partial charge in [0, 0.05) is 4.47 Å². The van der Waals surface area contributed by atoms with Gasteiger partial charge in [-0.15, -0.1) is 0 Å². The maximum atomic E-state index is 12.6. The summed E-state index contributed by atoms with van der Waals surface area (Å²) in [7, 11) is -3.88. The van der Waals surface area contributed by atoms with Gasteiger partial charge in [0.2, 0.25) is 0 Å². The lowest BCUT2D eigenvalue weighted by atomic mass is 10.1. The topological polar surface area (TPSA) is 71.4 Å². The van der Waals surface area contributed by atoms with Crippen LogP contribution in [0.15, 0.2) is 33.6 Å². The summed E-state index contributed by atoms with van der Waals surface area (Å²) in [6, 6.07) is 6.35. The standard InChI is InChI=1S/C12H13BrO4S/c13-9-5-1-2-6-10(9)18(16,17)12(11(14)15)7-3-4-8-12/h1-2,5-6H,3-4,7-8H2,(H,14,15). The van der Waals surface area contributed by atoms with Crippen molar-refractivity contribution in [2.75, 3.05) is 0 Å². The van der Waals surface area contributed by atoms with Crippen LogP contribution < -0.4 is 0 Å². The summed E-state index contributed by atoms with van der Waals surface area (Å²) in [5, 5.41) is 9.36. The minimum Gasteiger partial charge on any atom is -0.480 e. The molecule has 1 fully saturated rings. The van der Waals surface area contributed by atoms with Gasteiger partial charge in [-0.05, 0) is 40.9 Å². The molecule has 4 nitrogen and oxygen atoms in total. The fourth-order valence-corrected chi connectivity index (χ4v) is 5.40. The van der Waals surface area contributed by atoms with E-state index in [1.54, 1.807) is 18.2 Å². The van der Waals surface area contributed by atoms with Gasteiger partial charge in [0.05, 0.1) is 4.90 Å². The number of halogens is 1. The van der Waals surface area contributed by atoms with Crippen LogP contribution >= 0.6 is 15.9 Å². The summed E-state index contributed by atoms with van der Waals surface area (Å²) in [6.45, 7) is 0. The van der Waals surface area contributed by atoms with Crippen LogP contribution in [0.1, 0.15) is 25.7 Å². The lowest BCUT2D eigenvalue weighted by Gasteiger charge is -2.24. The molecule has 1 N–H and O–H groups in total. The van der Waals surface area contributed by atoms with Crippen LogP contribution in [-0.2, 0) is 14.6 Å². The van der Waals surface area contributed by atoms with E-state index in [1.165, 1.54) is 6.07 Å². The Balaban J connectivity index is 2.61. The molecule has 1 saturated carbocycles. The first-order chi connectivity index (χ1) is 8.42. The number of benzene rings is 1. The van der Waals surface area contributed by atoms with Crippen molar-refractivity contribution in [2.45, 2.75) is 35.3 Å². The summed E-state index contributed by atoms with van der Waals surface area (Å²) in [5.74, 6) is -1.24. The average Bonchev–Trinajstić information content (AvgIpc) is 2.79. The zero-order chi connectivity index (χ0) is 13.4. The van der Waals surface area contributed by atoms with Crippen molar-refractivity contribution in [1.82, 2.24) is 0 Å². The summed E-state index contributed by atoms with van der Waals surface area (Å²) in [5.41, 5.74) is 0. The molecule has 0 amide bonds. The molecule has 98 valence electrons. The predicted molar refractivity (Wildman–Crippen MR) is 70.2 cm³/mol. The van der Waals surface area contributed by atoms with E-state index in [-0.39, 0.29) is 17.7 Å². The molecule has 0 saturated heterocycles. The van der Waals surface area contributed by atoms with E-state index in [4.69, 9.17) is 0 Å². The Morgan fingerprint density at radius 1 is 1.22 bits per heavy atom. The second kappa shape index (κ2) is 4.66. The highest BCUT2D eigenvalue weighted by Crippen LogP contribution is 2.42. The van der Waals surface area contributed by atoms with Crippen LogP contribution in [0, 0.1) is 0 Å². The van der Waals surface area contributed by atoms with Crippen molar-refractivity contribution in [3.63, 3.8) is 0 Å². The molecular formula is C12H13BrO4S. The number of aliphatic carboxylic acids is 1. The van der Waals surface area contributed by atoms with Gasteiger partial charge in [-0.25, -0.2) is 8.42 Å². The molecule has 1 aliphatic rings. The third-order valence-corrected chi connectivity index (χ3v) is 6.94. The monoisotopic (exact) mass is 332 g/mol. The van der Waals surface area contributed by atoms with E-state index in [0.29, 0.717) is 17.3 Å². The number of carboxylic acids is 1. The van der Waals surface area contributed by atoms with Crippen molar-refractivity contribution in [3.05, 3.63) is 28.7 Å². The average molecular weight is 333 g/mol. The third-order valence-electron chi connectivity index (χ3n) is 3.44. The molecule has 0 aliphatic heterocycles. The smallest absolute Gasteiger partial charge is 0.325 e. The minimum atomic E-state index is -3.88. The zero-order valence-corrected chi connectivity index (χ0v) is 12.0. The normalized spacial score (nSPS) is 18.7. The zero-order valence-electron chi connectivity index (χ0n) is 9.60. The van der Waals surface area contributed by atoms with Crippen molar-refractivity contribution in [2.24, 2.45) is 0 Å². The Morgan fingerprint density at radius 3 is 2.28 bits per heavy atom. The van der Waals surface area contributed by atoms with Crippen molar-refractivity contribution >= 4 is 31.7 Å². The Hall–Kier alpha value is -0.880. The quantitative estimate of drug-likeness (QED) is 0.923. The maximum absolute atomic E-state index is 12.6. The molecule has 0 unspecified atom stereocenters. The molecule has 18 heavy (non-hydrogen) atoms. The molecule has 2 rings (SSSR count). The molecule has 0 heterocycles. The van der Waals surface area contributed by atoms with Crippen molar-refractivity contribution < 1.29 is 18.3 Å². The van der Waals surface area contributed by atoms with Gasteiger partial charge >= 0.3 is 5.97 Å². The molecule has 0 atom stereocenters. The first-order valence-electron chi connectivity index (χ1n) is 5.64. The fourth-order valence-electron chi connectivity index (χ4n) is 2.42. The van der Waals surface area contributed by atoms with Crippen LogP contribution in [0.2, 0.25) is 0 Å². The van der Waals surface area contributed by atoms with E-state index in [2.05, 4.69) is 15.9 Å². The molecule has 0 aromatic heterocycles. The lowest BCUT2D eigenvalue weighted by Crippen LogP contribution is -2.44. The Bertz CT molecular complexity index is 573. The lowest BCUT2D eigenvalue weighted by molar-refractivity contribution is -0.139. The molecule has 0 bridgehead atoms. The number of hydrogen-bond acceptors (Lipinski definition) is 3. The highest BCUT2D eigenvalue weighted by molar-refractivity contribution is 9.10. The Kier molecular flexibility index (Phi) is 3.51. The van der Waals surface area contributed by atoms with E-state index < -0.39 is 20.6 Å². The largest absolute Gasteiger partial charge is 0.480 e. The Morgan fingerprint density at radius 2 is 1.78 bits per heavy atom. The second-order valence-corrected chi connectivity index (χ2v) is 7.52. The highest BCUT2D eigenvalue weighted by atomic mass is 79.9. The number of carboxylic acid groups (broad SMARTS) is 1. The number of hydrogen-bond donors (Lipinski definition) is 1. The molecule has 1 aliphatic carbocycles. The second-order valence-electron chi connectivity index (χ2n) is 4.44. The van der Waals surface area contributed by atoms with Crippen LogP contribution in [0.25, 0.3) is 0 Å². The minimum absolute atomic E-state index is 0.0642. The van der Waals surface area contributed by atoms with Crippen LogP contribution in [0.3, 0.4) is 0 Å². The van der Waals surface area contributed by atoms with Gasteiger partial charge in [0.25, 0.3) is 0 Å². The van der Waals surface area contributed by atoms with Gasteiger partial charge in [-0.1, -0.05) is 25.0 Å². The molecule has 1 aromatic carbocycles. The molecular weight excluding hydrogens is 320 g/mol. The van der Waals surface area contributed by atoms with Crippen molar-refractivity contribution in [3.8, 4) is 0 Å². The molecule has 1 aromatic rings. The van der Waals surface area contributed by atoms with Crippen molar-refractivity contribution in [1.29, 1.82) is 0 Å². The van der Waals surface area contributed by atoms with E-state index in [0.717, 1.165) is 0 Å². The van der Waals surface area contributed by atoms with Gasteiger partial charge in [0.1, 0.15) is 0 Å². The van der Waals surface area contributed by atoms with Crippen LogP contribution in [-0.4, -0.2) is 24.2 Å². The number of sulfone groups is 1. The number of carbonyl (C=O) groups is 1. The fraction of sp³-hybridized carbons (Fsp3) is 0.417. The number of rotatable bonds is 3. The van der Waals surface area contributed by atoms with Crippen LogP contribution in [0.4, 0.5) is 0 Å². The predicted octanol–water partition coefficient (Wildman–Crippen LogP) is 2.62. The summed E-state index contributed by atoms with van der Waals surface area (Å²) in [4.78, 5) is 11.5. The summed E-state index contributed by atoms with van der Waals surface area (Å²) >= 11 is 3.18. The van der Waals surface area contributed by atoms with Gasteiger partial charge in [0.15, 0.2) is 14.6 Å². The summed E-state index contributed by atoms with van der Waals surface area (Å²) in [6.07, 6.45) is 1.64. The van der Waals surface area contributed by atoms with Crippen LogP contribution in [0.5, 0.6) is 0 Å². The van der Waals surface area contributed by atoms with Gasteiger partial charge in [-0.2, -0.15) is 0 Å². The first-order valence-corrected chi connectivity index (χ1v) is 7.92. The molecule has 0 radical (unpaired) electrons. The van der Waals surface area contributed by atoms with Gasteiger partial charge in [-0.3, -0.25) is 4.79 Å². The van der Waals surface area contributed by atoms with E-state index >= 15 is 0 Å². The summed E-state index contributed by atoms with van der Waals surface area (Å²) < 4.78 is 24.0. The molecule has 6 heteroatoms. The first kappa shape index (κ1) is 13.5. The van der Waals surface area contributed by atoms with Gasteiger partial charge < -0.3 is 5.11 Å². The van der Waals surface area contributed by atoms with E-state index in [1.807, 2.05) is 0 Å².